The van der Waals surface area contributed by atoms with Crippen LogP contribution >= 0.6 is 23.2 Å². The zero-order chi connectivity index (χ0) is 16.9. The van der Waals surface area contributed by atoms with E-state index in [0.29, 0.717) is 10.0 Å². The van der Waals surface area contributed by atoms with Crippen LogP contribution in [0.15, 0.2) is 61.2 Å². The van der Waals surface area contributed by atoms with Gasteiger partial charge in [-0.05, 0) is 0 Å². The zero-order valence-corrected chi connectivity index (χ0v) is 16.2. The van der Waals surface area contributed by atoms with E-state index in [9.17, 15) is 0 Å². The molecule has 0 N–H and O–H groups in total. The average Bonchev–Trinajstić information content (AvgIpc) is 3.08. The normalized spacial score (nSPS) is 12.1. The van der Waals surface area contributed by atoms with Crippen molar-refractivity contribution in [2.24, 2.45) is 0 Å². The number of hydrogen-bond acceptors (Lipinski definition) is 2. The van der Waals surface area contributed by atoms with E-state index in [4.69, 9.17) is 27.9 Å². The van der Waals surface area contributed by atoms with Crippen LogP contribution in [0.2, 0.25) is 10.0 Å². The molecule has 0 spiro atoms. The maximum atomic E-state index is 6.46. The summed E-state index contributed by atoms with van der Waals surface area (Å²) in [4.78, 5) is 4.42. The molecule has 2 aromatic carbocycles. The molecule has 3 aromatic rings. The first-order chi connectivity index (χ1) is 11.7. The number of rotatable bonds is 6. The molecule has 1 atom stereocenters. The van der Waals surface area contributed by atoms with E-state index in [1.165, 1.54) is 4.46 Å². The topological polar surface area (TPSA) is 27.1 Å². The Morgan fingerprint density at radius 3 is 2.58 bits per heavy atom. The SMILES string of the molecule is COc1ccc([Se]C(Cn2ccnc2)c2ccc(Cl)cc2Cl)cc1. The van der Waals surface area contributed by atoms with Gasteiger partial charge in [0.15, 0.2) is 0 Å². The molecule has 0 aliphatic rings. The number of ether oxygens (including phenoxy) is 1. The number of hydrogen-bond donors (Lipinski definition) is 0. The Hall–Kier alpha value is -1.45. The minimum atomic E-state index is 0.202. The van der Waals surface area contributed by atoms with E-state index in [-0.39, 0.29) is 19.8 Å². The summed E-state index contributed by atoms with van der Waals surface area (Å²) in [6.45, 7) is 0.827. The number of imidazole rings is 1. The van der Waals surface area contributed by atoms with Gasteiger partial charge in [0.05, 0.1) is 0 Å². The number of aromatic nitrogens is 2. The molecule has 0 saturated heterocycles. The Labute approximate surface area is 157 Å². The van der Waals surface area contributed by atoms with E-state index < -0.39 is 0 Å². The summed E-state index contributed by atoms with van der Waals surface area (Å²) in [5.41, 5.74) is 1.12. The second-order valence-corrected chi connectivity index (χ2v) is 8.73. The van der Waals surface area contributed by atoms with Gasteiger partial charge in [0.25, 0.3) is 0 Å². The molecular formula is C18H16Cl2N2OSe. The Morgan fingerprint density at radius 2 is 1.96 bits per heavy atom. The van der Waals surface area contributed by atoms with Crippen LogP contribution < -0.4 is 9.20 Å². The molecule has 0 aliphatic carbocycles. The number of benzene rings is 2. The van der Waals surface area contributed by atoms with Gasteiger partial charge in [-0.2, -0.15) is 0 Å². The van der Waals surface area contributed by atoms with Crippen LogP contribution in [0.3, 0.4) is 0 Å². The molecular weight excluding hydrogens is 410 g/mol. The molecule has 0 aliphatic heterocycles. The third-order valence-corrected chi connectivity index (χ3v) is 6.73. The molecule has 0 bridgehead atoms. The van der Waals surface area contributed by atoms with Gasteiger partial charge in [-0.1, -0.05) is 0 Å². The first-order valence-corrected chi connectivity index (χ1v) is 9.97. The number of methoxy groups -OCH3 is 1. The van der Waals surface area contributed by atoms with Crippen molar-refractivity contribution in [2.75, 3.05) is 7.11 Å². The molecule has 124 valence electrons. The standard InChI is InChI=1S/C18H16Cl2N2OSe/c1-23-14-3-5-15(6-4-14)24-18(11-22-9-8-21-12-22)16-7-2-13(19)10-17(16)20/h2-10,12,18H,11H2,1H3. The molecule has 6 heteroatoms. The van der Waals surface area contributed by atoms with Crippen molar-refractivity contribution in [3.8, 4) is 5.75 Å². The van der Waals surface area contributed by atoms with Crippen LogP contribution in [-0.2, 0) is 6.54 Å². The fraction of sp³-hybridized carbons (Fsp3) is 0.167. The Morgan fingerprint density at radius 1 is 1.17 bits per heavy atom. The zero-order valence-electron chi connectivity index (χ0n) is 13.0. The third-order valence-electron chi connectivity index (χ3n) is 3.58. The quantitative estimate of drug-likeness (QED) is 0.558. The summed E-state index contributed by atoms with van der Waals surface area (Å²) in [7, 11) is 1.68. The van der Waals surface area contributed by atoms with Gasteiger partial charge >= 0.3 is 158 Å². The van der Waals surface area contributed by atoms with E-state index >= 15 is 0 Å². The predicted molar refractivity (Wildman–Crippen MR) is 99.8 cm³/mol. The van der Waals surface area contributed by atoms with Gasteiger partial charge in [0.1, 0.15) is 0 Å². The third kappa shape index (κ3) is 4.34. The summed E-state index contributed by atoms with van der Waals surface area (Å²) in [6, 6.07) is 13.9. The summed E-state index contributed by atoms with van der Waals surface area (Å²) >= 11 is 12.7. The minimum absolute atomic E-state index is 0.202. The van der Waals surface area contributed by atoms with Crippen LogP contribution in [-0.4, -0.2) is 31.6 Å². The number of nitrogens with zero attached hydrogens (tertiary/aromatic N) is 2. The van der Waals surface area contributed by atoms with Gasteiger partial charge in [-0.25, -0.2) is 0 Å². The Kier molecular flexibility index (Phi) is 5.85. The van der Waals surface area contributed by atoms with E-state index in [1.54, 1.807) is 13.3 Å². The van der Waals surface area contributed by atoms with Crippen molar-refractivity contribution in [1.29, 1.82) is 0 Å². The Balaban J connectivity index is 1.88. The first kappa shape index (κ1) is 17.4. The van der Waals surface area contributed by atoms with Crippen molar-refractivity contribution in [3.05, 3.63) is 76.8 Å². The van der Waals surface area contributed by atoms with Gasteiger partial charge < -0.3 is 0 Å². The van der Waals surface area contributed by atoms with Gasteiger partial charge in [0, 0.05) is 0 Å². The van der Waals surface area contributed by atoms with Crippen molar-refractivity contribution in [1.82, 2.24) is 9.55 Å². The van der Waals surface area contributed by atoms with Crippen LogP contribution in [0.1, 0.15) is 10.4 Å². The summed E-state index contributed by atoms with van der Waals surface area (Å²) in [6.07, 6.45) is 5.60. The Bertz CT molecular complexity index is 791. The summed E-state index contributed by atoms with van der Waals surface area (Å²) in [5.74, 6) is 0.866. The van der Waals surface area contributed by atoms with Crippen LogP contribution in [0, 0.1) is 0 Å². The fourth-order valence-electron chi connectivity index (χ4n) is 2.37. The van der Waals surface area contributed by atoms with Crippen LogP contribution in [0.25, 0.3) is 0 Å². The molecule has 1 heterocycles. The first-order valence-electron chi connectivity index (χ1n) is 7.37. The second kappa shape index (κ2) is 8.08. The summed E-state index contributed by atoms with van der Waals surface area (Å²) < 4.78 is 8.61. The second-order valence-electron chi connectivity index (χ2n) is 5.21. The van der Waals surface area contributed by atoms with E-state index in [0.717, 1.165) is 17.9 Å². The van der Waals surface area contributed by atoms with Gasteiger partial charge in [0.2, 0.25) is 0 Å². The molecule has 1 unspecified atom stereocenters. The van der Waals surface area contributed by atoms with Crippen LogP contribution in [0.4, 0.5) is 0 Å². The van der Waals surface area contributed by atoms with Gasteiger partial charge in [-0.3, -0.25) is 0 Å². The number of halogens is 2. The monoisotopic (exact) mass is 426 g/mol. The van der Waals surface area contributed by atoms with E-state index in [2.05, 4.69) is 21.7 Å². The van der Waals surface area contributed by atoms with Crippen molar-refractivity contribution in [3.63, 3.8) is 0 Å². The maximum absolute atomic E-state index is 6.46. The molecule has 3 nitrogen and oxygen atoms in total. The summed E-state index contributed by atoms with van der Waals surface area (Å²) in [5, 5.41) is 1.37. The van der Waals surface area contributed by atoms with Gasteiger partial charge in [-0.15, -0.1) is 0 Å². The fourth-order valence-corrected chi connectivity index (χ4v) is 5.57. The molecule has 0 amide bonds. The van der Waals surface area contributed by atoms with Crippen molar-refractivity contribution >= 4 is 42.6 Å². The molecule has 0 saturated carbocycles. The molecule has 24 heavy (non-hydrogen) atoms. The van der Waals surface area contributed by atoms with Crippen LogP contribution in [0.5, 0.6) is 5.75 Å². The van der Waals surface area contributed by atoms with E-state index in [1.807, 2.05) is 42.9 Å². The molecule has 1 aromatic heterocycles. The molecule has 0 radical (unpaired) electrons. The average molecular weight is 426 g/mol. The van der Waals surface area contributed by atoms with Crippen molar-refractivity contribution in [2.45, 2.75) is 11.4 Å². The molecule has 3 rings (SSSR count). The molecule has 0 fully saturated rings. The predicted octanol–water partition coefficient (Wildman–Crippen LogP) is 3.97. The van der Waals surface area contributed by atoms with Crippen molar-refractivity contribution < 1.29 is 4.74 Å².